The van der Waals surface area contributed by atoms with E-state index in [0.717, 1.165) is 5.56 Å². The van der Waals surface area contributed by atoms with Crippen molar-refractivity contribution in [3.8, 4) is 6.07 Å². The molecule has 0 atom stereocenters. The van der Waals surface area contributed by atoms with E-state index < -0.39 is 0 Å². The molecular weight excluding hydrogens is 216 g/mol. The summed E-state index contributed by atoms with van der Waals surface area (Å²) < 4.78 is 5.00. The number of pyridine rings is 1. The number of nitrogens with zero attached hydrogens (tertiary/aromatic N) is 3. The van der Waals surface area contributed by atoms with Gasteiger partial charge >= 0.3 is 0 Å². The molecule has 0 amide bonds. The first-order valence-electron chi connectivity index (χ1n) is 5.08. The Balaban J connectivity index is 2.20. The zero-order valence-corrected chi connectivity index (χ0v) is 9.42. The van der Waals surface area contributed by atoms with Crippen LogP contribution in [-0.2, 0) is 6.54 Å². The molecule has 2 rings (SSSR count). The van der Waals surface area contributed by atoms with Gasteiger partial charge in [0.2, 0.25) is 0 Å². The van der Waals surface area contributed by atoms with Crippen LogP contribution in [0, 0.1) is 11.3 Å². The summed E-state index contributed by atoms with van der Waals surface area (Å²) >= 11 is 0. The molecule has 0 aliphatic heterocycles. The van der Waals surface area contributed by atoms with E-state index in [1.54, 1.807) is 18.6 Å². The number of hydrogen-bond acceptors (Lipinski definition) is 5. The van der Waals surface area contributed by atoms with Gasteiger partial charge in [-0.15, -0.1) is 0 Å². The van der Waals surface area contributed by atoms with Crippen molar-refractivity contribution in [1.82, 2.24) is 4.98 Å². The Morgan fingerprint density at radius 1 is 1.59 bits per heavy atom. The summed E-state index contributed by atoms with van der Waals surface area (Å²) in [4.78, 5) is 6.08. The van der Waals surface area contributed by atoms with Crippen molar-refractivity contribution >= 4 is 11.5 Å². The van der Waals surface area contributed by atoms with E-state index >= 15 is 0 Å². The first-order chi connectivity index (χ1) is 8.20. The van der Waals surface area contributed by atoms with Crippen LogP contribution < -0.4 is 10.6 Å². The minimum absolute atomic E-state index is 0.461. The van der Waals surface area contributed by atoms with Crippen LogP contribution in [0.4, 0.5) is 11.5 Å². The smallest absolute Gasteiger partial charge is 0.151 e. The predicted molar refractivity (Wildman–Crippen MR) is 64.2 cm³/mol. The third-order valence-electron chi connectivity index (χ3n) is 2.39. The summed E-state index contributed by atoms with van der Waals surface area (Å²) in [5.74, 6) is 0.658. The normalized spacial score (nSPS) is 9.88. The number of nitrogen functional groups attached to an aromatic ring is 1. The minimum Gasteiger partial charge on any atom is -0.472 e. The van der Waals surface area contributed by atoms with E-state index in [-0.39, 0.29) is 0 Å². The highest BCUT2D eigenvalue weighted by molar-refractivity contribution is 5.64. The van der Waals surface area contributed by atoms with Crippen LogP contribution in [0.5, 0.6) is 0 Å². The number of nitriles is 1. The van der Waals surface area contributed by atoms with Crippen molar-refractivity contribution < 1.29 is 4.42 Å². The fourth-order valence-corrected chi connectivity index (χ4v) is 1.59. The lowest BCUT2D eigenvalue weighted by molar-refractivity contribution is 0.563. The molecule has 0 spiro atoms. The van der Waals surface area contributed by atoms with Crippen LogP contribution in [0.3, 0.4) is 0 Å². The molecule has 0 aliphatic carbocycles. The van der Waals surface area contributed by atoms with Crippen LogP contribution >= 0.6 is 0 Å². The summed E-state index contributed by atoms with van der Waals surface area (Å²) in [5, 5.41) is 8.73. The zero-order chi connectivity index (χ0) is 12.3. The van der Waals surface area contributed by atoms with Gasteiger partial charge in [-0.05, 0) is 12.1 Å². The van der Waals surface area contributed by atoms with Gasteiger partial charge in [0.25, 0.3) is 0 Å². The van der Waals surface area contributed by atoms with Crippen LogP contribution in [0.15, 0.2) is 35.3 Å². The number of anilines is 2. The fraction of sp³-hybridized carbons (Fsp3) is 0.167. The third-order valence-corrected chi connectivity index (χ3v) is 2.39. The number of furan rings is 1. The molecule has 0 unspecified atom stereocenters. The largest absolute Gasteiger partial charge is 0.472 e. The molecule has 5 heteroatoms. The Labute approximate surface area is 99.1 Å². The van der Waals surface area contributed by atoms with Crippen molar-refractivity contribution in [2.24, 2.45) is 0 Å². The Bertz CT molecular complexity index is 542. The van der Waals surface area contributed by atoms with Gasteiger partial charge in [0.15, 0.2) is 5.82 Å². The summed E-state index contributed by atoms with van der Waals surface area (Å²) in [6.07, 6.45) is 4.81. The average Bonchev–Trinajstić information content (AvgIpc) is 2.81. The molecular formula is C12H12N4O. The predicted octanol–water partition coefficient (Wildman–Crippen LogP) is 1.76. The molecule has 2 aromatic heterocycles. The van der Waals surface area contributed by atoms with Gasteiger partial charge < -0.3 is 15.1 Å². The fourth-order valence-electron chi connectivity index (χ4n) is 1.59. The Morgan fingerprint density at radius 2 is 2.41 bits per heavy atom. The van der Waals surface area contributed by atoms with E-state index in [1.165, 1.54) is 6.20 Å². The Hall–Kier alpha value is -2.48. The molecule has 2 N–H and O–H groups in total. The van der Waals surface area contributed by atoms with Gasteiger partial charge in [0.1, 0.15) is 6.07 Å². The molecule has 0 saturated heterocycles. The lowest BCUT2D eigenvalue weighted by Gasteiger charge is -2.18. The van der Waals surface area contributed by atoms with Crippen molar-refractivity contribution in [2.45, 2.75) is 6.54 Å². The highest BCUT2D eigenvalue weighted by Crippen LogP contribution is 2.21. The number of hydrogen-bond donors (Lipinski definition) is 1. The van der Waals surface area contributed by atoms with E-state index in [0.29, 0.717) is 23.6 Å². The maximum atomic E-state index is 8.73. The molecule has 5 nitrogen and oxygen atoms in total. The molecule has 0 saturated carbocycles. The standard InChI is InChI=1S/C12H12N4O/c1-16(7-9-2-3-17-8-9)12-11(14)4-10(5-13)6-15-12/h2-4,6,8H,7,14H2,1H3. The van der Waals surface area contributed by atoms with E-state index in [2.05, 4.69) is 4.98 Å². The molecule has 0 bridgehead atoms. The lowest BCUT2D eigenvalue weighted by atomic mass is 10.2. The van der Waals surface area contributed by atoms with Gasteiger partial charge in [0.05, 0.1) is 23.8 Å². The second-order valence-electron chi connectivity index (χ2n) is 3.74. The first-order valence-corrected chi connectivity index (χ1v) is 5.08. The molecule has 86 valence electrons. The zero-order valence-electron chi connectivity index (χ0n) is 9.42. The Morgan fingerprint density at radius 3 is 3.00 bits per heavy atom. The van der Waals surface area contributed by atoms with E-state index in [1.807, 2.05) is 24.1 Å². The van der Waals surface area contributed by atoms with Gasteiger partial charge in [-0.1, -0.05) is 0 Å². The summed E-state index contributed by atoms with van der Waals surface area (Å²) in [6.45, 7) is 0.652. The van der Waals surface area contributed by atoms with Gasteiger partial charge in [0, 0.05) is 25.4 Å². The topological polar surface area (TPSA) is 79.1 Å². The molecule has 0 aromatic carbocycles. The second kappa shape index (κ2) is 4.58. The number of aromatic nitrogens is 1. The number of rotatable bonds is 3. The Kier molecular flexibility index (Phi) is 2.97. The van der Waals surface area contributed by atoms with Gasteiger partial charge in [-0.2, -0.15) is 5.26 Å². The van der Waals surface area contributed by atoms with Gasteiger partial charge in [-0.3, -0.25) is 0 Å². The highest BCUT2D eigenvalue weighted by atomic mass is 16.3. The first kappa shape index (κ1) is 11.0. The number of nitrogens with two attached hydrogens (primary N) is 1. The summed E-state index contributed by atoms with van der Waals surface area (Å²) in [7, 11) is 1.89. The van der Waals surface area contributed by atoms with E-state index in [4.69, 9.17) is 15.4 Å². The van der Waals surface area contributed by atoms with Crippen molar-refractivity contribution in [3.05, 3.63) is 42.0 Å². The molecule has 2 aromatic rings. The van der Waals surface area contributed by atoms with Gasteiger partial charge in [-0.25, -0.2) is 4.98 Å². The van der Waals surface area contributed by atoms with Crippen LogP contribution in [-0.4, -0.2) is 12.0 Å². The molecule has 0 radical (unpaired) electrons. The van der Waals surface area contributed by atoms with Crippen molar-refractivity contribution in [3.63, 3.8) is 0 Å². The second-order valence-corrected chi connectivity index (χ2v) is 3.74. The third kappa shape index (κ3) is 2.37. The van der Waals surface area contributed by atoms with Crippen molar-refractivity contribution in [1.29, 1.82) is 5.26 Å². The summed E-state index contributed by atoms with van der Waals surface area (Å²) in [5.41, 5.74) is 7.84. The molecule has 0 aliphatic rings. The molecule has 0 fully saturated rings. The van der Waals surface area contributed by atoms with Crippen LogP contribution in [0.25, 0.3) is 0 Å². The summed E-state index contributed by atoms with van der Waals surface area (Å²) in [6, 6.07) is 5.51. The average molecular weight is 228 g/mol. The lowest BCUT2D eigenvalue weighted by Crippen LogP contribution is -2.18. The highest BCUT2D eigenvalue weighted by Gasteiger charge is 2.09. The molecule has 2 heterocycles. The van der Waals surface area contributed by atoms with Crippen LogP contribution in [0.2, 0.25) is 0 Å². The minimum atomic E-state index is 0.461. The maximum absolute atomic E-state index is 8.73. The maximum Gasteiger partial charge on any atom is 0.151 e. The monoisotopic (exact) mass is 228 g/mol. The van der Waals surface area contributed by atoms with E-state index in [9.17, 15) is 0 Å². The quantitative estimate of drug-likeness (QED) is 0.865. The van der Waals surface area contributed by atoms with Crippen molar-refractivity contribution in [2.75, 3.05) is 17.7 Å². The van der Waals surface area contributed by atoms with Crippen LogP contribution in [0.1, 0.15) is 11.1 Å². The molecule has 17 heavy (non-hydrogen) atoms. The SMILES string of the molecule is CN(Cc1ccoc1)c1ncc(C#N)cc1N.